The first kappa shape index (κ1) is 59.1. The number of aliphatic hydroxyl groups is 5. The number of nitrogens with one attached hydrogen (secondary N) is 1. The van der Waals surface area contributed by atoms with Gasteiger partial charge in [0, 0.05) is 12.8 Å². The quantitative estimate of drug-likeness (QED) is 0.0197. The van der Waals surface area contributed by atoms with E-state index in [0.717, 1.165) is 83.5 Å². The summed E-state index contributed by atoms with van der Waals surface area (Å²) in [5.74, 6) is -0.336. The van der Waals surface area contributed by atoms with Crippen LogP contribution < -0.4 is 5.32 Å². The first-order valence-electron chi connectivity index (χ1n) is 25.2. The van der Waals surface area contributed by atoms with Crippen molar-refractivity contribution in [3.05, 3.63) is 72.9 Å². The number of ether oxygens (including phenoxy) is 3. The molecule has 1 heterocycles. The molecule has 0 aliphatic carbocycles. The van der Waals surface area contributed by atoms with Gasteiger partial charge in [-0.2, -0.15) is 0 Å². The largest absolute Gasteiger partial charge is 0.466 e. The number of carbonyl (C=O) groups is 2. The predicted octanol–water partition coefficient (Wildman–Crippen LogP) is 10.1. The van der Waals surface area contributed by atoms with E-state index in [4.69, 9.17) is 14.2 Å². The fourth-order valence-corrected chi connectivity index (χ4v) is 7.18. The minimum atomic E-state index is -1.59. The van der Waals surface area contributed by atoms with Crippen molar-refractivity contribution in [2.75, 3.05) is 19.8 Å². The van der Waals surface area contributed by atoms with Crippen molar-refractivity contribution in [3.8, 4) is 0 Å². The Kier molecular flexibility index (Phi) is 39.5. The lowest BCUT2D eigenvalue weighted by atomic mass is 9.99. The second kappa shape index (κ2) is 42.7. The second-order valence-electron chi connectivity index (χ2n) is 17.1. The summed E-state index contributed by atoms with van der Waals surface area (Å²) in [5.41, 5.74) is 0. The van der Waals surface area contributed by atoms with Crippen LogP contribution in [0.5, 0.6) is 0 Å². The number of amides is 1. The summed E-state index contributed by atoms with van der Waals surface area (Å²) in [4.78, 5) is 24.9. The van der Waals surface area contributed by atoms with Gasteiger partial charge in [0.05, 0.1) is 32.0 Å². The molecule has 1 amide bonds. The van der Waals surface area contributed by atoms with Crippen molar-refractivity contribution >= 4 is 11.9 Å². The van der Waals surface area contributed by atoms with Crippen molar-refractivity contribution in [2.45, 2.75) is 230 Å². The Morgan fingerprint density at radius 2 is 1.11 bits per heavy atom. The molecule has 0 aromatic rings. The number of aliphatic hydroxyl groups excluding tert-OH is 5. The van der Waals surface area contributed by atoms with Crippen molar-refractivity contribution < 1.29 is 49.3 Å². The molecule has 7 atom stereocenters. The Balaban J connectivity index is 2.22. The van der Waals surface area contributed by atoms with E-state index in [1.54, 1.807) is 6.08 Å². The molecule has 0 radical (unpaired) electrons. The van der Waals surface area contributed by atoms with E-state index in [0.29, 0.717) is 19.4 Å². The van der Waals surface area contributed by atoms with Crippen LogP contribution in [0.2, 0.25) is 0 Å². The number of esters is 1. The topological polar surface area (TPSA) is 175 Å². The molecule has 0 bridgehead atoms. The number of hydrogen-bond donors (Lipinski definition) is 6. The van der Waals surface area contributed by atoms with Crippen LogP contribution in [0.15, 0.2) is 72.9 Å². The van der Waals surface area contributed by atoms with Gasteiger partial charge in [0.1, 0.15) is 24.4 Å². The third-order valence-corrected chi connectivity index (χ3v) is 11.3. The maximum atomic E-state index is 12.9. The van der Waals surface area contributed by atoms with Gasteiger partial charge in [-0.25, -0.2) is 0 Å². The highest BCUT2D eigenvalue weighted by Gasteiger charge is 2.44. The zero-order chi connectivity index (χ0) is 46.7. The Morgan fingerprint density at radius 1 is 0.578 bits per heavy atom. The SMILES string of the molecule is CCC/C=C\C/C=C\CCCCCCCC(=O)OCCCCCCCC/C=C\C/C=C\CCC(=O)NC(COC1OC(CO)C(O)C(O)C1O)C(O)/C=C/CC/C=C/CCCCCC. The Morgan fingerprint density at radius 3 is 1.73 bits per heavy atom. The van der Waals surface area contributed by atoms with Crippen molar-refractivity contribution in [3.63, 3.8) is 0 Å². The van der Waals surface area contributed by atoms with Gasteiger partial charge in [-0.15, -0.1) is 0 Å². The van der Waals surface area contributed by atoms with E-state index in [2.05, 4.69) is 67.8 Å². The van der Waals surface area contributed by atoms with Crippen molar-refractivity contribution in [1.82, 2.24) is 5.32 Å². The third kappa shape index (κ3) is 32.7. The molecule has 1 saturated heterocycles. The maximum Gasteiger partial charge on any atom is 0.305 e. The molecule has 1 fully saturated rings. The number of carbonyl (C=O) groups excluding carboxylic acids is 2. The van der Waals surface area contributed by atoms with Crippen molar-refractivity contribution in [1.29, 1.82) is 0 Å². The summed E-state index contributed by atoms with van der Waals surface area (Å²) in [5, 5.41) is 54.0. The molecule has 64 heavy (non-hydrogen) atoms. The first-order chi connectivity index (χ1) is 31.2. The van der Waals surface area contributed by atoms with Crippen LogP contribution in [0.3, 0.4) is 0 Å². The Labute approximate surface area is 388 Å². The second-order valence-corrected chi connectivity index (χ2v) is 17.1. The van der Waals surface area contributed by atoms with Gasteiger partial charge in [0.25, 0.3) is 0 Å². The fourth-order valence-electron chi connectivity index (χ4n) is 7.18. The molecular formula is C53H91NO10. The van der Waals surface area contributed by atoms with Gasteiger partial charge in [0.15, 0.2) is 6.29 Å². The van der Waals surface area contributed by atoms with Crippen LogP contribution in [0, 0.1) is 0 Å². The Hall–Kier alpha value is -2.90. The van der Waals surface area contributed by atoms with Gasteiger partial charge < -0.3 is 45.1 Å². The molecular weight excluding hydrogens is 811 g/mol. The minimum absolute atomic E-state index is 0.0576. The molecule has 1 aliphatic rings. The number of rotatable bonds is 41. The van der Waals surface area contributed by atoms with Crippen LogP contribution in [0.25, 0.3) is 0 Å². The van der Waals surface area contributed by atoms with E-state index in [-0.39, 0.29) is 24.9 Å². The molecule has 1 rings (SSSR count). The molecule has 7 unspecified atom stereocenters. The predicted molar refractivity (Wildman–Crippen MR) is 259 cm³/mol. The number of hydrogen-bond acceptors (Lipinski definition) is 10. The van der Waals surface area contributed by atoms with E-state index in [9.17, 15) is 35.1 Å². The first-order valence-corrected chi connectivity index (χ1v) is 25.2. The lowest BCUT2D eigenvalue weighted by Gasteiger charge is -2.40. The summed E-state index contributed by atoms with van der Waals surface area (Å²) in [6.45, 7) is 4.09. The van der Waals surface area contributed by atoms with Crippen molar-refractivity contribution in [2.24, 2.45) is 0 Å². The number of unbranched alkanes of at least 4 members (excludes halogenated alkanes) is 17. The molecule has 0 spiro atoms. The van der Waals surface area contributed by atoms with Gasteiger partial charge in [0.2, 0.25) is 5.91 Å². The standard InChI is InChI=1S/C53H91NO10/c1-3-5-7-9-11-13-15-17-21-25-29-33-37-41-49(58)62-42-38-34-30-26-22-19-16-18-20-24-28-32-36-40-48(57)54-45(44-63-53-52(61)51(60)50(59)47(43-55)64-53)46(56)39-35-31-27-23-14-12-10-8-6-4-2/h7,9,13-15,18,20,23,28,32,35,39,45-47,50-53,55-56,59-61H,3-6,8,10-12,16-17,19,21-22,24-27,29-31,33-34,36-38,40-44H2,1-2H3,(H,54,57)/b9-7-,15-13-,20-18-,23-14+,32-28-,39-35+. The van der Waals surface area contributed by atoms with Gasteiger partial charge in [-0.05, 0) is 89.9 Å². The average Bonchev–Trinajstić information content (AvgIpc) is 3.29. The van der Waals surface area contributed by atoms with Crippen LogP contribution in [0.4, 0.5) is 0 Å². The normalized spacial score (nSPS) is 20.5. The summed E-state index contributed by atoms with van der Waals surface area (Å²) in [7, 11) is 0. The van der Waals surface area contributed by atoms with Gasteiger partial charge in [-0.1, -0.05) is 157 Å². The molecule has 0 aromatic carbocycles. The fraction of sp³-hybridized carbons (Fsp3) is 0.736. The molecule has 11 nitrogen and oxygen atoms in total. The molecule has 11 heteroatoms. The van der Waals surface area contributed by atoms with Crippen LogP contribution in [-0.4, -0.2) is 100 Å². The zero-order valence-electron chi connectivity index (χ0n) is 40.0. The molecule has 1 aliphatic heterocycles. The molecule has 368 valence electrons. The van der Waals surface area contributed by atoms with E-state index in [1.807, 2.05) is 18.2 Å². The lowest BCUT2D eigenvalue weighted by molar-refractivity contribution is -0.302. The highest BCUT2D eigenvalue weighted by atomic mass is 16.7. The maximum absolute atomic E-state index is 12.9. The number of allylic oxidation sites excluding steroid dienone is 11. The summed E-state index contributed by atoms with van der Waals surface area (Å²) in [6, 6.07) is -0.872. The van der Waals surface area contributed by atoms with E-state index < -0.39 is 49.5 Å². The minimum Gasteiger partial charge on any atom is -0.466 e. The van der Waals surface area contributed by atoms with Crippen LogP contribution >= 0.6 is 0 Å². The van der Waals surface area contributed by atoms with E-state index in [1.165, 1.54) is 70.6 Å². The lowest BCUT2D eigenvalue weighted by Crippen LogP contribution is -2.60. The zero-order valence-corrected chi connectivity index (χ0v) is 40.0. The van der Waals surface area contributed by atoms with Crippen LogP contribution in [-0.2, 0) is 23.8 Å². The van der Waals surface area contributed by atoms with Crippen LogP contribution in [0.1, 0.15) is 187 Å². The molecule has 0 aromatic heterocycles. The Bertz CT molecular complexity index is 1290. The molecule has 6 N–H and O–H groups in total. The smallest absolute Gasteiger partial charge is 0.305 e. The molecule has 0 saturated carbocycles. The third-order valence-electron chi connectivity index (χ3n) is 11.3. The summed E-state index contributed by atoms with van der Waals surface area (Å²) < 4.78 is 16.6. The van der Waals surface area contributed by atoms with Gasteiger partial charge >= 0.3 is 5.97 Å². The monoisotopic (exact) mass is 902 g/mol. The van der Waals surface area contributed by atoms with Gasteiger partial charge in [-0.3, -0.25) is 9.59 Å². The summed E-state index contributed by atoms with van der Waals surface area (Å²) in [6.07, 6.45) is 44.3. The highest BCUT2D eigenvalue weighted by Crippen LogP contribution is 2.22. The van der Waals surface area contributed by atoms with E-state index >= 15 is 0 Å². The average molecular weight is 902 g/mol. The highest BCUT2D eigenvalue weighted by molar-refractivity contribution is 5.76. The summed E-state index contributed by atoms with van der Waals surface area (Å²) >= 11 is 0.